The summed E-state index contributed by atoms with van der Waals surface area (Å²) in [5.41, 5.74) is 1.77. The predicted molar refractivity (Wildman–Crippen MR) is 86.3 cm³/mol. The molecule has 1 aromatic rings. The Hall–Kier alpha value is -2.37. The fraction of sp³-hybridized carbons (Fsp3) is 0.438. The molecular weight excluding hydrogens is 280 g/mol. The van der Waals surface area contributed by atoms with Crippen LogP contribution >= 0.6 is 0 Å². The van der Waals surface area contributed by atoms with Crippen molar-refractivity contribution in [3.05, 3.63) is 42.8 Å². The number of amides is 2. The number of nitrogens with one attached hydrogen (secondary N) is 1. The zero-order chi connectivity index (χ0) is 16.7. The highest BCUT2D eigenvalue weighted by Gasteiger charge is 2.20. The maximum absolute atomic E-state index is 12.3. The Labute approximate surface area is 131 Å². The first-order valence-corrected chi connectivity index (χ1v) is 7.20. The van der Waals surface area contributed by atoms with Crippen LogP contribution in [0.3, 0.4) is 0 Å². The average Bonchev–Trinajstić information content (AvgIpc) is 2.75. The second-order valence-corrected chi connectivity index (χ2v) is 5.19. The highest BCUT2D eigenvalue weighted by Crippen LogP contribution is 2.02. The van der Waals surface area contributed by atoms with Crippen LogP contribution in [0.1, 0.15) is 18.3 Å². The maximum Gasteiger partial charge on any atom is 0.245 e. The van der Waals surface area contributed by atoms with E-state index in [4.69, 9.17) is 0 Å². The molecule has 1 unspecified atom stereocenters. The van der Waals surface area contributed by atoms with Gasteiger partial charge in [0.25, 0.3) is 0 Å². The first-order valence-electron chi connectivity index (χ1n) is 7.20. The lowest BCUT2D eigenvalue weighted by molar-refractivity contribution is -0.135. The molecule has 1 N–H and O–H groups in total. The van der Waals surface area contributed by atoms with Crippen molar-refractivity contribution in [1.29, 1.82) is 0 Å². The van der Waals surface area contributed by atoms with Crippen molar-refractivity contribution >= 4 is 11.8 Å². The number of aromatic nitrogens is 2. The van der Waals surface area contributed by atoms with Crippen LogP contribution < -0.4 is 5.32 Å². The molecule has 0 aliphatic heterocycles. The highest BCUT2D eigenvalue weighted by atomic mass is 16.2. The zero-order valence-electron chi connectivity index (χ0n) is 13.5. The van der Waals surface area contributed by atoms with Crippen molar-refractivity contribution in [3.8, 4) is 0 Å². The van der Waals surface area contributed by atoms with E-state index in [1.165, 1.54) is 0 Å². The number of hydrogen-bond donors (Lipinski definition) is 1. The Balaban J connectivity index is 2.62. The summed E-state index contributed by atoms with van der Waals surface area (Å²) in [5, 5.41) is 6.93. The van der Waals surface area contributed by atoms with E-state index in [1.54, 1.807) is 28.7 Å². The summed E-state index contributed by atoms with van der Waals surface area (Å²) < 4.78 is 1.62. The topological polar surface area (TPSA) is 67.2 Å². The monoisotopic (exact) mass is 304 g/mol. The van der Waals surface area contributed by atoms with E-state index in [1.807, 2.05) is 19.9 Å². The Morgan fingerprint density at radius 3 is 2.41 bits per heavy atom. The van der Waals surface area contributed by atoms with Crippen LogP contribution in [0.15, 0.2) is 31.4 Å². The molecule has 0 fully saturated rings. The number of carbonyl (C=O) groups excluding carboxylic acids is 2. The molecule has 1 rings (SSSR count). The van der Waals surface area contributed by atoms with E-state index in [0.29, 0.717) is 13.1 Å². The molecule has 2 amide bonds. The van der Waals surface area contributed by atoms with Gasteiger partial charge in [-0.05, 0) is 26.8 Å². The molecule has 1 atom stereocenters. The molecule has 0 saturated heterocycles. The van der Waals surface area contributed by atoms with Crippen molar-refractivity contribution in [1.82, 2.24) is 20.0 Å². The average molecular weight is 304 g/mol. The van der Waals surface area contributed by atoms with Crippen molar-refractivity contribution in [2.75, 3.05) is 13.1 Å². The van der Waals surface area contributed by atoms with Crippen molar-refractivity contribution < 1.29 is 9.59 Å². The number of carbonyl (C=O) groups is 2. The molecule has 120 valence electrons. The van der Waals surface area contributed by atoms with Gasteiger partial charge in [-0.25, -0.2) is 0 Å². The molecule has 1 aromatic heterocycles. The molecule has 0 aliphatic carbocycles. The molecular formula is C16H24N4O2. The number of hydrogen-bond acceptors (Lipinski definition) is 3. The second-order valence-electron chi connectivity index (χ2n) is 5.19. The van der Waals surface area contributed by atoms with Gasteiger partial charge in [-0.2, -0.15) is 5.10 Å². The third kappa shape index (κ3) is 4.87. The summed E-state index contributed by atoms with van der Waals surface area (Å²) in [4.78, 5) is 25.9. The predicted octanol–water partition coefficient (Wildman–Crippen LogP) is 1.21. The number of aryl methyl sites for hydroxylation is 2. The summed E-state index contributed by atoms with van der Waals surface area (Å²) >= 11 is 0. The molecule has 0 saturated carbocycles. The van der Waals surface area contributed by atoms with Gasteiger partial charge in [-0.15, -0.1) is 13.2 Å². The summed E-state index contributed by atoms with van der Waals surface area (Å²) in [6.45, 7) is 13.6. The van der Waals surface area contributed by atoms with Crippen LogP contribution in [0.2, 0.25) is 0 Å². The van der Waals surface area contributed by atoms with Gasteiger partial charge in [0.05, 0.1) is 5.69 Å². The molecule has 6 heteroatoms. The Morgan fingerprint density at radius 1 is 1.36 bits per heavy atom. The highest BCUT2D eigenvalue weighted by molar-refractivity contribution is 5.87. The van der Waals surface area contributed by atoms with Crippen LogP contribution in [0.5, 0.6) is 0 Å². The summed E-state index contributed by atoms with van der Waals surface area (Å²) in [5.74, 6) is -0.411. The minimum atomic E-state index is -0.607. The van der Waals surface area contributed by atoms with Gasteiger partial charge in [-0.1, -0.05) is 12.2 Å². The lowest BCUT2D eigenvalue weighted by Crippen LogP contribution is -2.47. The fourth-order valence-electron chi connectivity index (χ4n) is 2.16. The third-order valence-corrected chi connectivity index (χ3v) is 3.16. The molecule has 0 aromatic carbocycles. The minimum Gasteiger partial charge on any atom is -0.343 e. The van der Waals surface area contributed by atoms with E-state index in [0.717, 1.165) is 11.4 Å². The first-order chi connectivity index (χ1) is 10.4. The second kappa shape index (κ2) is 8.17. The van der Waals surface area contributed by atoms with Gasteiger partial charge in [-0.3, -0.25) is 14.3 Å². The third-order valence-electron chi connectivity index (χ3n) is 3.16. The molecule has 0 bridgehead atoms. The van der Waals surface area contributed by atoms with Gasteiger partial charge in [0.15, 0.2) is 0 Å². The smallest absolute Gasteiger partial charge is 0.245 e. The lowest BCUT2D eigenvalue weighted by Gasteiger charge is -2.23. The van der Waals surface area contributed by atoms with E-state index in [2.05, 4.69) is 23.6 Å². The van der Waals surface area contributed by atoms with Crippen molar-refractivity contribution in [3.63, 3.8) is 0 Å². The molecule has 22 heavy (non-hydrogen) atoms. The van der Waals surface area contributed by atoms with Crippen LogP contribution in [0.25, 0.3) is 0 Å². The molecule has 6 nitrogen and oxygen atoms in total. The Bertz CT molecular complexity index is 552. The van der Waals surface area contributed by atoms with Gasteiger partial charge >= 0.3 is 0 Å². The maximum atomic E-state index is 12.3. The Morgan fingerprint density at radius 2 is 1.95 bits per heavy atom. The quantitative estimate of drug-likeness (QED) is 0.734. The normalized spacial score (nSPS) is 11.6. The first kappa shape index (κ1) is 17.7. The zero-order valence-corrected chi connectivity index (χ0v) is 13.5. The van der Waals surface area contributed by atoms with Gasteiger partial charge in [0.2, 0.25) is 11.8 Å². The molecule has 0 radical (unpaired) electrons. The van der Waals surface area contributed by atoms with Gasteiger partial charge < -0.3 is 10.2 Å². The van der Waals surface area contributed by atoms with Crippen molar-refractivity contribution in [2.45, 2.75) is 33.4 Å². The number of nitrogens with zero attached hydrogens (tertiary/aromatic N) is 3. The molecule has 1 heterocycles. The summed E-state index contributed by atoms with van der Waals surface area (Å²) in [6.07, 6.45) is 3.29. The van der Waals surface area contributed by atoms with Crippen molar-refractivity contribution in [2.24, 2.45) is 0 Å². The largest absolute Gasteiger partial charge is 0.343 e. The summed E-state index contributed by atoms with van der Waals surface area (Å²) in [7, 11) is 0. The SMILES string of the molecule is C=CCN(CC=C)C(=O)C(C)NC(=O)Cn1nc(C)cc1C. The number of rotatable bonds is 8. The van der Waals surface area contributed by atoms with Crippen LogP contribution in [-0.2, 0) is 16.1 Å². The molecule has 0 spiro atoms. The van der Waals surface area contributed by atoms with Crippen LogP contribution in [0, 0.1) is 13.8 Å². The summed E-state index contributed by atoms with van der Waals surface area (Å²) in [6, 6.07) is 1.29. The Kier molecular flexibility index (Phi) is 6.56. The van der Waals surface area contributed by atoms with Gasteiger partial charge in [0, 0.05) is 18.8 Å². The standard InChI is InChI=1S/C16H24N4O2/c1-6-8-19(9-7-2)16(22)14(5)17-15(21)11-20-13(4)10-12(3)18-20/h6-7,10,14H,1-2,8-9,11H2,3-5H3,(H,17,21). The van der Waals surface area contributed by atoms with Crippen LogP contribution in [0.4, 0.5) is 0 Å². The lowest BCUT2D eigenvalue weighted by atomic mass is 10.2. The van der Waals surface area contributed by atoms with E-state index in [-0.39, 0.29) is 18.4 Å². The van der Waals surface area contributed by atoms with E-state index >= 15 is 0 Å². The van der Waals surface area contributed by atoms with E-state index in [9.17, 15) is 9.59 Å². The van der Waals surface area contributed by atoms with Gasteiger partial charge in [0.1, 0.15) is 12.6 Å². The minimum absolute atomic E-state index is 0.0974. The van der Waals surface area contributed by atoms with Crippen LogP contribution in [-0.4, -0.2) is 45.6 Å². The van der Waals surface area contributed by atoms with E-state index < -0.39 is 6.04 Å². The molecule has 0 aliphatic rings. The fourth-order valence-corrected chi connectivity index (χ4v) is 2.16.